The van der Waals surface area contributed by atoms with Gasteiger partial charge in [-0.25, -0.2) is 9.98 Å². The number of hydrogen-bond donors (Lipinski definition) is 0. The molecule has 0 saturated heterocycles. The predicted molar refractivity (Wildman–Crippen MR) is 195 cm³/mol. The average Bonchev–Trinajstić information content (AvgIpc) is 3.72. The van der Waals surface area contributed by atoms with E-state index in [1.807, 2.05) is 60.7 Å². The number of fused-ring (bicyclic) bond motifs is 2. The van der Waals surface area contributed by atoms with E-state index in [9.17, 15) is 0 Å². The molecule has 0 spiro atoms. The summed E-state index contributed by atoms with van der Waals surface area (Å²) >= 11 is 0. The van der Waals surface area contributed by atoms with E-state index in [0.717, 1.165) is 67.2 Å². The van der Waals surface area contributed by atoms with Crippen molar-refractivity contribution in [3.05, 3.63) is 214 Å². The molecule has 48 heavy (non-hydrogen) atoms. The summed E-state index contributed by atoms with van der Waals surface area (Å²) in [6.45, 7) is 1.03. The second-order valence-electron chi connectivity index (χ2n) is 11.6. The first-order chi connectivity index (χ1) is 23.8. The lowest BCUT2D eigenvalue weighted by molar-refractivity contribution is 0.519. The van der Waals surface area contributed by atoms with Crippen LogP contribution < -0.4 is 0 Å². The molecule has 0 unspecified atom stereocenters. The third-order valence-corrected chi connectivity index (χ3v) is 8.53. The number of allylic oxidation sites excluding steroid dienone is 2. The van der Waals surface area contributed by atoms with Crippen LogP contribution in [0.3, 0.4) is 0 Å². The summed E-state index contributed by atoms with van der Waals surface area (Å²) in [5.74, 6) is 2.69. The van der Waals surface area contributed by atoms with Crippen molar-refractivity contribution in [2.24, 2.45) is 9.98 Å². The smallest absolute Gasteiger partial charge is 0.223 e. The average molecular weight is 621 g/mol. The molecule has 0 fully saturated rings. The molecule has 8 rings (SSSR count). The maximum atomic E-state index is 6.86. The van der Waals surface area contributed by atoms with E-state index in [2.05, 4.69) is 109 Å². The third-order valence-electron chi connectivity index (χ3n) is 8.53. The maximum Gasteiger partial charge on any atom is 0.223 e. The van der Waals surface area contributed by atoms with Gasteiger partial charge in [-0.3, -0.25) is 0 Å². The SMILES string of the molecule is c1ccc(CN=C2O/C(=C(\C(=C3/OC(=NCc4ccccc4)c4ccccc43)c3ccccc3)c3ccccc3)c3ccccc32)cc1. The van der Waals surface area contributed by atoms with Crippen molar-refractivity contribution in [2.75, 3.05) is 0 Å². The van der Waals surface area contributed by atoms with Crippen molar-refractivity contribution in [1.29, 1.82) is 0 Å². The van der Waals surface area contributed by atoms with Gasteiger partial charge in [-0.2, -0.15) is 0 Å². The van der Waals surface area contributed by atoms with Gasteiger partial charge in [0, 0.05) is 33.4 Å². The fourth-order valence-electron chi connectivity index (χ4n) is 6.24. The molecule has 4 heteroatoms. The Morgan fingerprint density at radius 1 is 0.354 bits per heavy atom. The Morgan fingerprint density at radius 3 is 1.04 bits per heavy atom. The highest BCUT2D eigenvalue weighted by Crippen LogP contribution is 2.47. The lowest BCUT2D eigenvalue weighted by Gasteiger charge is -2.19. The highest BCUT2D eigenvalue weighted by Gasteiger charge is 2.34. The van der Waals surface area contributed by atoms with Crippen LogP contribution >= 0.6 is 0 Å². The van der Waals surface area contributed by atoms with E-state index in [1.54, 1.807) is 0 Å². The van der Waals surface area contributed by atoms with Crippen LogP contribution in [-0.2, 0) is 22.6 Å². The molecule has 0 radical (unpaired) electrons. The molecule has 2 aliphatic heterocycles. The van der Waals surface area contributed by atoms with E-state index < -0.39 is 0 Å². The predicted octanol–water partition coefficient (Wildman–Crippen LogP) is 10.1. The normalized spacial score (nSPS) is 17.0. The summed E-state index contributed by atoms with van der Waals surface area (Å²) in [4.78, 5) is 9.97. The maximum absolute atomic E-state index is 6.86. The Morgan fingerprint density at radius 2 is 0.667 bits per heavy atom. The van der Waals surface area contributed by atoms with Crippen LogP contribution in [0.4, 0.5) is 0 Å². The van der Waals surface area contributed by atoms with Crippen LogP contribution in [0.15, 0.2) is 180 Å². The molecule has 0 amide bonds. The summed E-state index contributed by atoms with van der Waals surface area (Å²) in [7, 11) is 0. The number of hydrogen-bond acceptors (Lipinski definition) is 4. The number of ether oxygens (including phenoxy) is 2. The van der Waals surface area contributed by atoms with Gasteiger partial charge >= 0.3 is 0 Å². The largest absolute Gasteiger partial charge is 0.437 e. The molecule has 0 aromatic heterocycles. The molecule has 6 aromatic rings. The Labute approximate surface area is 280 Å². The first-order valence-corrected chi connectivity index (χ1v) is 16.2. The van der Waals surface area contributed by atoms with Crippen LogP contribution in [0.25, 0.3) is 22.7 Å². The lowest BCUT2D eigenvalue weighted by atomic mass is 9.87. The molecule has 0 N–H and O–H groups in total. The lowest BCUT2D eigenvalue weighted by Crippen LogP contribution is -2.02. The van der Waals surface area contributed by atoms with Crippen LogP contribution in [-0.4, -0.2) is 11.8 Å². The Balaban J connectivity index is 1.36. The van der Waals surface area contributed by atoms with Gasteiger partial charge in [-0.05, 0) is 34.4 Å². The fraction of sp³-hybridized carbons (Fsp3) is 0.0455. The standard InChI is InChI=1S/C44H32N2O2/c1-5-17-31(18-6-1)29-45-43-37-27-15-13-25-35(37)41(47-43)39(33-21-9-3-10-22-33)40(34-23-11-4-12-24-34)42-36-26-14-16-28-38(36)44(48-42)46-30-32-19-7-2-8-20-32/h1-28H,29-30H2/b41-39-,42-40-,45-43?,46-44?. The molecule has 0 bridgehead atoms. The second-order valence-corrected chi connectivity index (χ2v) is 11.6. The highest BCUT2D eigenvalue weighted by molar-refractivity contribution is 6.26. The molecule has 2 aliphatic rings. The first-order valence-electron chi connectivity index (χ1n) is 16.2. The topological polar surface area (TPSA) is 43.2 Å². The van der Waals surface area contributed by atoms with E-state index in [-0.39, 0.29) is 0 Å². The molecule has 0 saturated carbocycles. The monoisotopic (exact) mass is 620 g/mol. The molecular weight excluding hydrogens is 588 g/mol. The highest BCUT2D eigenvalue weighted by atomic mass is 16.5. The summed E-state index contributed by atoms with van der Waals surface area (Å²) in [5.41, 5.74) is 10.0. The summed E-state index contributed by atoms with van der Waals surface area (Å²) in [6, 6.07) is 57.9. The van der Waals surface area contributed by atoms with Gasteiger partial charge in [0.2, 0.25) is 11.8 Å². The van der Waals surface area contributed by atoms with E-state index >= 15 is 0 Å². The Kier molecular flexibility index (Phi) is 8.04. The van der Waals surface area contributed by atoms with E-state index in [4.69, 9.17) is 19.5 Å². The first kappa shape index (κ1) is 29.2. The Hall–Kier alpha value is -6.26. The molecule has 0 aliphatic carbocycles. The zero-order valence-electron chi connectivity index (χ0n) is 26.3. The minimum Gasteiger partial charge on any atom is -0.437 e. The van der Waals surface area contributed by atoms with Crippen LogP contribution in [0.5, 0.6) is 0 Å². The van der Waals surface area contributed by atoms with Crippen molar-refractivity contribution in [3.63, 3.8) is 0 Å². The van der Waals surface area contributed by atoms with Gasteiger partial charge < -0.3 is 9.47 Å². The summed E-state index contributed by atoms with van der Waals surface area (Å²) < 4.78 is 13.7. The van der Waals surface area contributed by atoms with Crippen LogP contribution in [0.2, 0.25) is 0 Å². The van der Waals surface area contributed by atoms with Crippen LogP contribution in [0.1, 0.15) is 44.5 Å². The number of rotatable bonds is 7. The third kappa shape index (κ3) is 5.76. The molecule has 6 aromatic carbocycles. The summed E-state index contributed by atoms with van der Waals surface area (Å²) in [6.07, 6.45) is 0. The molecule has 4 nitrogen and oxygen atoms in total. The van der Waals surface area contributed by atoms with Gasteiger partial charge in [0.15, 0.2) is 0 Å². The van der Waals surface area contributed by atoms with Gasteiger partial charge in [0.1, 0.15) is 11.5 Å². The zero-order chi connectivity index (χ0) is 32.1. The minimum absolute atomic E-state index is 0.517. The molecule has 230 valence electrons. The van der Waals surface area contributed by atoms with Crippen molar-refractivity contribution in [3.8, 4) is 0 Å². The fourth-order valence-corrected chi connectivity index (χ4v) is 6.24. The van der Waals surface area contributed by atoms with Gasteiger partial charge in [-0.15, -0.1) is 0 Å². The van der Waals surface area contributed by atoms with Gasteiger partial charge in [0.25, 0.3) is 0 Å². The van der Waals surface area contributed by atoms with E-state index in [0.29, 0.717) is 24.9 Å². The second kappa shape index (κ2) is 13.2. The van der Waals surface area contributed by atoms with Gasteiger partial charge in [-0.1, -0.05) is 158 Å². The van der Waals surface area contributed by atoms with Crippen LogP contribution in [0, 0.1) is 0 Å². The molecule has 0 atom stereocenters. The van der Waals surface area contributed by atoms with Crippen molar-refractivity contribution in [2.45, 2.75) is 13.1 Å². The van der Waals surface area contributed by atoms with Crippen molar-refractivity contribution in [1.82, 2.24) is 0 Å². The number of benzene rings is 6. The minimum atomic E-state index is 0.517. The van der Waals surface area contributed by atoms with Crippen molar-refractivity contribution < 1.29 is 9.47 Å². The molecular formula is C44H32N2O2. The van der Waals surface area contributed by atoms with E-state index in [1.165, 1.54) is 0 Å². The quantitative estimate of drug-likeness (QED) is 0.178. The zero-order valence-corrected chi connectivity index (χ0v) is 26.3. The Bertz CT molecular complexity index is 2040. The van der Waals surface area contributed by atoms with Gasteiger partial charge in [0.05, 0.1) is 13.1 Å². The summed E-state index contributed by atoms with van der Waals surface area (Å²) in [5, 5.41) is 0. The molecule has 2 heterocycles. The number of aliphatic imine (C=N–C) groups is 2. The van der Waals surface area contributed by atoms with Crippen molar-refractivity contribution >= 4 is 34.5 Å². The number of nitrogens with zero attached hydrogens (tertiary/aromatic N) is 2.